The summed E-state index contributed by atoms with van der Waals surface area (Å²) in [4.78, 5) is 18.4. The first-order valence-corrected chi connectivity index (χ1v) is 7.16. The molecule has 112 valence electrons. The Bertz CT molecular complexity index is 265. The van der Waals surface area contributed by atoms with Crippen molar-refractivity contribution in [3.8, 4) is 0 Å². The van der Waals surface area contributed by atoms with Gasteiger partial charge in [-0.2, -0.15) is 0 Å². The maximum Gasteiger partial charge on any atom is 0.409 e. The average Bonchev–Trinajstić information content (AvgIpc) is 2.90. The summed E-state index contributed by atoms with van der Waals surface area (Å²) >= 11 is 0. The van der Waals surface area contributed by atoms with Crippen LogP contribution in [-0.2, 0) is 4.74 Å². The highest BCUT2D eigenvalue weighted by molar-refractivity contribution is 5.85. The molecule has 0 bridgehead atoms. The molecule has 0 N–H and O–H groups in total. The number of hydrogen-bond acceptors (Lipinski definition) is 4. The quantitative estimate of drug-likeness (QED) is 0.782. The number of rotatable bonds is 4. The molecule has 1 amide bonds. The monoisotopic (exact) mass is 291 g/mol. The first kappa shape index (κ1) is 16.5. The molecule has 0 saturated carbocycles. The van der Waals surface area contributed by atoms with Gasteiger partial charge in [0.1, 0.15) is 0 Å². The van der Waals surface area contributed by atoms with Gasteiger partial charge in [0.2, 0.25) is 0 Å². The van der Waals surface area contributed by atoms with E-state index in [9.17, 15) is 4.79 Å². The molecule has 2 heterocycles. The molecule has 0 radical (unpaired) electrons. The Balaban J connectivity index is 0.00000180. The zero-order chi connectivity index (χ0) is 12.8. The normalized spacial score (nSPS) is 21.2. The van der Waals surface area contributed by atoms with Crippen LogP contribution in [0.15, 0.2) is 0 Å². The van der Waals surface area contributed by atoms with Gasteiger partial charge in [-0.15, -0.1) is 12.4 Å². The molecule has 5 nitrogen and oxygen atoms in total. The van der Waals surface area contributed by atoms with Gasteiger partial charge in [0.05, 0.1) is 6.61 Å². The van der Waals surface area contributed by atoms with Crippen molar-refractivity contribution in [1.82, 2.24) is 14.7 Å². The number of halogens is 1. The van der Waals surface area contributed by atoms with Gasteiger partial charge in [-0.25, -0.2) is 4.79 Å². The zero-order valence-corrected chi connectivity index (χ0v) is 12.7. The van der Waals surface area contributed by atoms with Gasteiger partial charge in [0.25, 0.3) is 0 Å². The molecule has 2 aliphatic rings. The van der Waals surface area contributed by atoms with E-state index in [0.717, 1.165) is 32.7 Å². The van der Waals surface area contributed by atoms with Gasteiger partial charge < -0.3 is 14.5 Å². The van der Waals surface area contributed by atoms with E-state index in [1.807, 2.05) is 11.8 Å². The molecule has 0 atom stereocenters. The Morgan fingerprint density at radius 2 is 1.47 bits per heavy atom. The minimum absolute atomic E-state index is 0. The number of carbonyl (C=O) groups is 1. The molecule has 0 aromatic heterocycles. The van der Waals surface area contributed by atoms with Gasteiger partial charge in [-0.1, -0.05) is 0 Å². The fourth-order valence-corrected chi connectivity index (χ4v) is 2.66. The number of amides is 1. The molecule has 0 unspecified atom stereocenters. The smallest absolute Gasteiger partial charge is 0.409 e. The molecular weight excluding hydrogens is 266 g/mol. The molecular formula is C13H26ClN3O2. The van der Waals surface area contributed by atoms with Gasteiger partial charge in [0, 0.05) is 39.3 Å². The van der Waals surface area contributed by atoms with E-state index in [-0.39, 0.29) is 18.5 Å². The van der Waals surface area contributed by atoms with Crippen LogP contribution in [0.1, 0.15) is 19.8 Å². The maximum absolute atomic E-state index is 11.5. The number of piperazine rings is 1. The topological polar surface area (TPSA) is 36.0 Å². The molecule has 0 aromatic rings. The molecule has 2 fully saturated rings. The summed E-state index contributed by atoms with van der Waals surface area (Å²) in [6.45, 7) is 10.7. The van der Waals surface area contributed by atoms with E-state index < -0.39 is 0 Å². The van der Waals surface area contributed by atoms with Gasteiger partial charge in [-0.05, 0) is 32.9 Å². The second-order valence-corrected chi connectivity index (χ2v) is 5.08. The highest BCUT2D eigenvalue weighted by Gasteiger charge is 2.22. The maximum atomic E-state index is 11.5. The summed E-state index contributed by atoms with van der Waals surface area (Å²) in [5.74, 6) is 0. The predicted octanol–water partition coefficient (Wildman–Crippen LogP) is 1.28. The second kappa shape index (κ2) is 8.61. The zero-order valence-electron chi connectivity index (χ0n) is 11.8. The summed E-state index contributed by atoms with van der Waals surface area (Å²) < 4.78 is 5.02. The van der Waals surface area contributed by atoms with Crippen molar-refractivity contribution in [1.29, 1.82) is 0 Å². The van der Waals surface area contributed by atoms with Crippen LogP contribution in [0.4, 0.5) is 4.79 Å². The predicted molar refractivity (Wildman–Crippen MR) is 78.0 cm³/mol. The number of ether oxygens (including phenoxy) is 1. The van der Waals surface area contributed by atoms with Gasteiger partial charge in [-0.3, -0.25) is 4.90 Å². The fourth-order valence-electron chi connectivity index (χ4n) is 2.66. The third-order valence-corrected chi connectivity index (χ3v) is 3.83. The highest BCUT2D eigenvalue weighted by atomic mass is 35.5. The van der Waals surface area contributed by atoms with E-state index in [4.69, 9.17) is 4.74 Å². The van der Waals surface area contributed by atoms with E-state index in [0.29, 0.717) is 6.61 Å². The van der Waals surface area contributed by atoms with Crippen molar-refractivity contribution in [3.63, 3.8) is 0 Å². The van der Waals surface area contributed by atoms with Gasteiger partial charge >= 0.3 is 6.09 Å². The summed E-state index contributed by atoms with van der Waals surface area (Å²) in [6.07, 6.45) is 2.56. The summed E-state index contributed by atoms with van der Waals surface area (Å²) in [6, 6.07) is 0. The van der Waals surface area contributed by atoms with Crippen LogP contribution in [0.3, 0.4) is 0 Å². The average molecular weight is 292 g/mol. The standard InChI is InChI=1S/C13H25N3O2.ClH/c1-2-18-13(17)16-11-9-15(10-12-16)8-7-14-5-3-4-6-14;/h2-12H2,1H3;1H. The number of likely N-dealkylation sites (tertiary alicyclic amines) is 1. The Hall–Kier alpha value is -0.520. The van der Waals surface area contributed by atoms with Crippen molar-refractivity contribution in [2.45, 2.75) is 19.8 Å². The molecule has 6 heteroatoms. The SMILES string of the molecule is CCOC(=O)N1CCN(CCN2CCCC2)CC1.Cl. The minimum Gasteiger partial charge on any atom is -0.450 e. The molecule has 2 aliphatic heterocycles. The van der Waals surface area contributed by atoms with Crippen molar-refractivity contribution >= 4 is 18.5 Å². The van der Waals surface area contributed by atoms with Crippen LogP contribution in [0.5, 0.6) is 0 Å². The highest BCUT2D eigenvalue weighted by Crippen LogP contribution is 2.08. The Morgan fingerprint density at radius 3 is 2.00 bits per heavy atom. The first-order valence-electron chi connectivity index (χ1n) is 7.16. The van der Waals surface area contributed by atoms with Crippen LogP contribution in [0.25, 0.3) is 0 Å². The lowest BCUT2D eigenvalue weighted by Gasteiger charge is -2.34. The van der Waals surface area contributed by atoms with Crippen LogP contribution in [0.2, 0.25) is 0 Å². The number of nitrogens with zero attached hydrogens (tertiary/aromatic N) is 3. The summed E-state index contributed by atoms with van der Waals surface area (Å²) in [5, 5.41) is 0. The van der Waals surface area contributed by atoms with Crippen LogP contribution < -0.4 is 0 Å². The third-order valence-electron chi connectivity index (χ3n) is 3.83. The molecule has 2 saturated heterocycles. The lowest BCUT2D eigenvalue weighted by atomic mass is 10.3. The Kier molecular flexibility index (Phi) is 7.49. The van der Waals surface area contributed by atoms with E-state index >= 15 is 0 Å². The largest absolute Gasteiger partial charge is 0.450 e. The molecule has 0 spiro atoms. The Labute approximate surface area is 122 Å². The van der Waals surface area contributed by atoms with E-state index in [1.165, 1.54) is 32.5 Å². The van der Waals surface area contributed by atoms with Crippen LogP contribution in [0, 0.1) is 0 Å². The van der Waals surface area contributed by atoms with Crippen molar-refractivity contribution in [3.05, 3.63) is 0 Å². The van der Waals surface area contributed by atoms with Crippen molar-refractivity contribution in [2.24, 2.45) is 0 Å². The Morgan fingerprint density at radius 1 is 0.947 bits per heavy atom. The summed E-state index contributed by atoms with van der Waals surface area (Å²) in [5.41, 5.74) is 0. The second-order valence-electron chi connectivity index (χ2n) is 5.08. The molecule has 0 aromatic carbocycles. The van der Waals surface area contributed by atoms with Crippen LogP contribution in [-0.4, -0.2) is 79.8 Å². The lowest BCUT2D eigenvalue weighted by molar-refractivity contribution is 0.0772. The van der Waals surface area contributed by atoms with Crippen LogP contribution >= 0.6 is 12.4 Å². The number of carbonyl (C=O) groups excluding carboxylic acids is 1. The van der Waals surface area contributed by atoms with Gasteiger partial charge in [0.15, 0.2) is 0 Å². The third kappa shape index (κ3) is 5.16. The summed E-state index contributed by atoms with van der Waals surface area (Å²) in [7, 11) is 0. The first-order chi connectivity index (χ1) is 8.79. The number of hydrogen-bond donors (Lipinski definition) is 0. The fraction of sp³-hybridized carbons (Fsp3) is 0.923. The minimum atomic E-state index is -0.156. The lowest BCUT2D eigenvalue weighted by Crippen LogP contribution is -2.50. The molecule has 19 heavy (non-hydrogen) atoms. The molecule has 2 rings (SSSR count). The van der Waals surface area contributed by atoms with E-state index in [1.54, 1.807) is 0 Å². The molecule has 0 aliphatic carbocycles. The van der Waals surface area contributed by atoms with E-state index in [2.05, 4.69) is 9.80 Å². The van der Waals surface area contributed by atoms with Crippen molar-refractivity contribution < 1.29 is 9.53 Å². The van der Waals surface area contributed by atoms with Crippen molar-refractivity contribution in [2.75, 3.05) is 59.0 Å².